The highest BCUT2D eigenvalue weighted by Crippen LogP contribution is 2.48. The molecule has 2 atom stereocenters. The molecule has 22 heavy (non-hydrogen) atoms. The van der Waals surface area contributed by atoms with Crippen LogP contribution < -0.4 is 0 Å². The number of alkyl halides is 2. The zero-order chi connectivity index (χ0) is 15.5. The summed E-state index contributed by atoms with van der Waals surface area (Å²) in [5, 5.41) is 15.0. The number of hydrogen-bond acceptors (Lipinski definition) is 3. The monoisotopic (exact) mass is 372 g/mol. The van der Waals surface area contributed by atoms with Crippen molar-refractivity contribution in [3.63, 3.8) is 0 Å². The maximum atomic E-state index is 13.8. The Labute approximate surface area is 134 Å². The van der Waals surface area contributed by atoms with Gasteiger partial charge in [0.1, 0.15) is 6.10 Å². The summed E-state index contributed by atoms with van der Waals surface area (Å²) in [5.74, 6) is -3.12. The second kappa shape index (κ2) is 4.97. The second-order valence-electron chi connectivity index (χ2n) is 5.95. The number of rotatable bonds is 1. The second-order valence-corrected chi connectivity index (χ2v) is 6.74. The molecule has 4 rings (SSSR count). The van der Waals surface area contributed by atoms with E-state index in [4.69, 9.17) is 4.74 Å². The first-order valence-corrected chi connectivity index (χ1v) is 8.14. The van der Waals surface area contributed by atoms with Crippen molar-refractivity contribution in [2.45, 2.75) is 43.9 Å². The van der Waals surface area contributed by atoms with E-state index in [0.717, 1.165) is 30.2 Å². The topological polar surface area (TPSA) is 47.3 Å². The predicted molar refractivity (Wildman–Crippen MR) is 79.9 cm³/mol. The molecular weight excluding hydrogens is 358 g/mol. The number of aliphatic hydroxyl groups excluding tert-OH is 1. The molecule has 0 radical (unpaired) electrons. The molecule has 1 aliphatic carbocycles. The van der Waals surface area contributed by atoms with Crippen LogP contribution >= 0.6 is 15.9 Å². The molecular formula is C15H15BrF2N2O2. The number of fused-ring (bicyclic) bond motifs is 2. The van der Waals surface area contributed by atoms with Gasteiger partial charge in [-0.25, -0.2) is 13.5 Å². The van der Waals surface area contributed by atoms with Gasteiger partial charge in [-0.2, -0.15) is 5.10 Å². The van der Waals surface area contributed by atoms with Gasteiger partial charge in [-0.3, -0.25) is 0 Å². The number of halogens is 3. The van der Waals surface area contributed by atoms with Crippen LogP contribution in [0.1, 0.15) is 42.7 Å². The Balaban J connectivity index is 1.86. The highest BCUT2D eigenvalue weighted by Gasteiger charge is 2.48. The molecule has 1 saturated heterocycles. The van der Waals surface area contributed by atoms with Crippen LogP contribution in [-0.4, -0.2) is 27.4 Å². The van der Waals surface area contributed by atoms with Crippen LogP contribution in [0.25, 0.3) is 10.9 Å². The smallest absolute Gasteiger partial charge is 0.281 e. The maximum absolute atomic E-state index is 13.8. The summed E-state index contributed by atoms with van der Waals surface area (Å²) < 4.78 is 35.6. The first kappa shape index (κ1) is 14.5. The van der Waals surface area contributed by atoms with Crippen LogP contribution in [0.4, 0.5) is 8.78 Å². The molecule has 118 valence electrons. The van der Waals surface area contributed by atoms with E-state index in [-0.39, 0.29) is 11.8 Å². The lowest BCUT2D eigenvalue weighted by atomic mass is 10.1. The van der Waals surface area contributed by atoms with Gasteiger partial charge in [0, 0.05) is 28.5 Å². The van der Waals surface area contributed by atoms with Crippen molar-refractivity contribution in [1.82, 2.24) is 9.78 Å². The summed E-state index contributed by atoms with van der Waals surface area (Å²) in [7, 11) is 0. The first-order chi connectivity index (χ1) is 10.5. The Bertz CT molecular complexity index is 741. The van der Waals surface area contributed by atoms with Gasteiger partial charge in [0.15, 0.2) is 6.23 Å². The quantitative estimate of drug-likeness (QED) is 0.829. The van der Waals surface area contributed by atoms with Crippen LogP contribution in [0.5, 0.6) is 0 Å². The van der Waals surface area contributed by atoms with Crippen molar-refractivity contribution in [2.75, 3.05) is 6.61 Å². The molecule has 1 aliphatic heterocycles. The summed E-state index contributed by atoms with van der Waals surface area (Å²) in [6.45, 7) is 0.689. The number of benzene rings is 1. The fourth-order valence-corrected chi connectivity index (χ4v) is 4.14. The van der Waals surface area contributed by atoms with Crippen molar-refractivity contribution in [3.8, 4) is 0 Å². The molecule has 2 aliphatic rings. The lowest BCUT2D eigenvalue weighted by molar-refractivity contribution is -0.0969. The minimum Gasteiger partial charge on any atom is -0.382 e. The van der Waals surface area contributed by atoms with Crippen molar-refractivity contribution in [3.05, 3.63) is 27.9 Å². The molecule has 1 aromatic carbocycles. The SMILES string of the molecule is OC1c2c(cc3c(cnn3C3CCCCO3)c2Br)CC1(F)F. The fraction of sp³-hybridized carbons (Fsp3) is 0.533. The summed E-state index contributed by atoms with van der Waals surface area (Å²) in [6.07, 6.45) is 2.24. The maximum Gasteiger partial charge on any atom is 0.281 e. The normalized spacial score (nSPS) is 27.3. The van der Waals surface area contributed by atoms with Gasteiger partial charge in [-0.1, -0.05) is 0 Å². The highest BCUT2D eigenvalue weighted by molar-refractivity contribution is 9.10. The Morgan fingerprint density at radius 2 is 2.23 bits per heavy atom. The van der Waals surface area contributed by atoms with E-state index < -0.39 is 18.4 Å². The van der Waals surface area contributed by atoms with E-state index in [2.05, 4.69) is 21.0 Å². The highest BCUT2D eigenvalue weighted by atomic mass is 79.9. The molecule has 1 fully saturated rings. The van der Waals surface area contributed by atoms with Crippen LogP contribution in [0.3, 0.4) is 0 Å². The summed E-state index contributed by atoms with van der Waals surface area (Å²) in [6, 6.07) is 1.71. The third kappa shape index (κ3) is 2.02. The van der Waals surface area contributed by atoms with Crippen LogP contribution in [0.15, 0.2) is 16.7 Å². The van der Waals surface area contributed by atoms with Gasteiger partial charge < -0.3 is 9.84 Å². The van der Waals surface area contributed by atoms with E-state index >= 15 is 0 Å². The molecule has 2 heterocycles. The van der Waals surface area contributed by atoms with E-state index in [1.165, 1.54) is 0 Å². The minimum absolute atomic E-state index is 0.150. The lowest BCUT2D eigenvalue weighted by Gasteiger charge is -2.23. The van der Waals surface area contributed by atoms with Crippen molar-refractivity contribution >= 4 is 26.8 Å². The van der Waals surface area contributed by atoms with Gasteiger partial charge in [0.25, 0.3) is 5.92 Å². The standard InChI is InChI=1S/C15H15BrF2N2O2/c16-13-9-7-19-20(11-3-1-2-4-22-11)10(9)5-8-6-15(17,18)14(21)12(8)13/h5,7,11,14,21H,1-4,6H2. The van der Waals surface area contributed by atoms with Crippen molar-refractivity contribution in [2.24, 2.45) is 0 Å². The van der Waals surface area contributed by atoms with Gasteiger partial charge in [0.2, 0.25) is 0 Å². The molecule has 4 nitrogen and oxygen atoms in total. The predicted octanol–water partition coefficient (Wildman–Crippen LogP) is 3.72. The third-order valence-corrected chi connectivity index (χ3v) is 5.35. The zero-order valence-corrected chi connectivity index (χ0v) is 13.3. The Morgan fingerprint density at radius 1 is 1.41 bits per heavy atom. The Hall–Kier alpha value is -1.05. The average molecular weight is 373 g/mol. The average Bonchev–Trinajstić information content (AvgIpc) is 3.00. The number of aromatic nitrogens is 2. The molecule has 2 unspecified atom stereocenters. The number of ether oxygens (including phenoxy) is 1. The lowest BCUT2D eigenvalue weighted by Crippen LogP contribution is -2.21. The van der Waals surface area contributed by atoms with Gasteiger partial charge in [-0.15, -0.1) is 0 Å². The zero-order valence-electron chi connectivity index (χ0n) is 11.7. The molecule has 1 N–H and O–H groups in total. The Morgan fingerprint density at radius 3 is 2.95 bits per heavy atom. The minimum atomic E-state index is -3.12. The van der Waals surface area contributed by atoms with Crippen molar-refractivity contribution < 1.29 is 18.6 Å². The van der Waals surface area contributed by atoms with E-state index in [9.17, 15) is 13.9 Å². The van der Waals surface area contributed by atoms with Gasteiger partial charge in [-0.05, 0) is 46.8 Å². The number of nitrogens with zero attached hydrogens (tertiary/aromatic N) is 2. The molecule has 0 bridgehead atoms. The molecule has 0 saturated carbocycles. The molecule has 0 amide bonds. The van der Waals surface area contributed by atoms with E-state index in [1.54, 1.807) is 16.9 Å². The molecule has 2 aromatic rings. The van der Waals surface area contributed by atoms with Gasteiger partial charge in [0.05, 0.1) is 11.7 Å². The van der Waals surface area contributed by atoms with E-state index in [0.29, 0.717) is 16.6 Å². The number of hydrogen-bond donors (Lipinski definition) is 1. The molecule has 7 heteroatoms. The van der Waals surface area contributed by atoms with Crippen LogP contribution in [0.2, 0.25) is 0 Å². The fourth-order valence-electron chi connectivity index (χ4n) is 3.36. The first-order valence-electron chi connectivity index (χ1n) is 7.35. The van der Waals surface area contributed by atoms with Gasteiger partial charge >= 0.3 is 0 Å². The van der Waals surface area contributed by atoms with E-state index in [1.807, 2.05) is 0 Å². The third-order valence-electron chi connectivity index (χ3n) is 4.49. The summed E-state index contributed by atoms with van der Waals surface area (Å²) in [5.41, 5.74) is 1.51. The molecule has 0 spiro atoms. The van der Waals surface area contributed by atoms with Crippen LogP contribution in [-0.2, 0) is 11.2 Å². The largest absolute Gasteiger partial charge is 0.382 e. The summed E-state index contributed by atoms with van der Waals surface area (Å²) in [4.78, 5) is 0. The summed E-state index contributed by atoms with van der Waals surface area (Å²) >= 11 is 3.37. The number of aliphatic hydroxyl groups is 1. The van der Waals surface area contributed by atoms with Crippen LogP contribution in [0, 0.1) is 0 Å². The molecule has 1 aromatic heterocycles. The van der Waals surface area contributed by atoms with Crippen molar-refractivity contribution in [1.29, 1.82) is 0 Å². The Kier molecular flexibility index (Phi) is 3.29.